The molecule has 7 nitrogen and oxygen atoms in total. The summed E-state index contributed by atoms with van der Waals surface area (Å²) in [5, 5.41) is 0. The summed E-state index contributed by atoms with van der Waals surface area (Å²) in [6.45, 7) is 12.9. The molecular formula is C20H40IN5O2. The van der Waals surface area contributed by atoms with E-state index in [1.807, 2.05) is 20.8 Å². The first-order chi connectivity index (χ1) is 12.8. The highest BCUT2D eigenvalue weighted by Gasteiger charge is 2.26. The van der Waals surface area contributed by atoms with E-state index in [0.29, 0.717) is 32.1 Å². The Morgan fingerprint density at radius 1 is 0.929 bits per heavy atom. The lowest BCUT2D eigenvalue weighted by atomic mass is 10.1. The molecule has 0 bridgehead atoms. The Labute approximate surface area is 188 Å². The van der Waals surface area contributed by atoms with Gasteiger partial charge in [0.25, 0.3) is 0 Å². The average Bonchev–Trinajstić information content (AvgIpc) is 2.64. The molecule has 0 aliphatic carbocycles. The molecule has 0 atom stereocenters. The predicted octanol–water partition coefficient (Wildman–Crippen LogP) is 3.13. The number of carbonyl (C=O) groups is 1. The molecule has 0 radical (unpaired) electrons. The monoisotopic (exact) mass is 509 g/mol. The smallest absolute Gasteiger partial charge is 0.410 e. The lowest BCUT2D eigenvalue weighted by molar-refractivity contribution is 0.0186. The number of halogens is 1. The summed E-state index contributed by atoms with van der Waals surface area (Å²) in [4.78, 5) is 23.0. The number of ether oxygens (including phenoxy) is 1. The lowest BCUT2D eigenvalue weighted by Gasteiger charge is -2.36. The van der Waals surface area contributed by atoms with E-state index in [1.54, 1.807) is 4.90 Å². The summed E-state index contributed by atoms with van der Waals surface area (Å²) in [6, 6.07) is 0. The number of likely N-dealkylation sites (tertiary alicyclic amines) is 1. The van der Waals surface area contributed by atoms with Crippen molar-refractivity contribution in [2.75, 3.05) is 52.4 Å². The van der Waals surface area contributed by atoms with Crippen LogP contribution in [0.1, 0.15) is 59.3 Å². The average molecular weight is 509 g/mol. The highest BCUT2D eigenvalue weighted by Crippen LogP contribution is 2.12. The third-order valence-electron chi connectivity index (χ3n) is 5.11. The van der Waals surface area contributed by atoms with Gasteiger partial charge in [-0.2, -0.15) is 0 Å². The lowest BCUT2D eigenvalue weighted by Crippen LogP contribution is -2.53. The van der Waals surface area contributed by atoms with E-state index in [-0.39, 0.29) is 30.1 Å². The van der Waals surface area contributed by atoms with E-state index in [0.717, 1.165) is 13.0 Å². The second-order valence-electron chi connectivity index (χ2n) is 8.66. The predicted molar refractivity (Wildman–Crippen MR) is 125 cm³/mol. The van der Waals surface area contributed by atoms with Crippen LogP contribution in [-0.4, -0.2) is 84.7 Å². The second-order valence-corrected chi connectivity index (χ2v) is 8.66. The van der Waals surface area contributed by atoms with Crippen molar-refractivity contribution in [3.63, 3.8) is 0 Å². The Morgan fingerprint density at radius 2 is 1.54 bits per heavy atom. The first-order valence-corrected chi connectivity index (χ1v) is 10.6. The van der Waals surface area contributed by atoms with E-state index in [2.05, 4.69) is 14.8 Å². The van der Waals surface area contributed by atoms with E-state index in [4.69, 9.17) is 10.5 Å². The maximum Gasteiger partial charge on any atom is 0.410 e. The Kier molecular flexibility index (Phi) is 11.5. The molecule has 2 N–H and O–H groups in total. The van der Waals surface area contributed by atoms with Gasteiger partial charge in [-0.1, -0.05) is 12.8 Å². The number of hydrogen-bond acceptors (Lipinski definition) is 4. The largest absolute Gasteiger partial charge is 0.444 e. The highest BCUT2D eigenvalue weighted by atomic mass is 127. The zero-order chi connectivity index (χ0) is 19.7. The Bertz CT molecular complexity index is 481. The summed E-state index contributed by atoms with van der Waals surface area (Å²) in [6.07, 6.45) is 7.43. The number of rotatable bonds is 6. The van der Waals surface area contributed by atoms with Gasteiger partial charge in [-0.3, -0.25) is 4.99 Å². The van der Waals surface area contributed by atoms with Gasteiger partial charge in [-0.05, 0) is 66.1 Å². The summed E-state index contributed by atoms with van der Waals surface area (Å²) >= 11 is 0. The molecule has 164 valence electrons. The number of guanidine groups is 1. The minimum atomic E-state index is -0.456. The maximum atomic E-state index is 12.1. The van der Waals surface area contributed by atoms with E-state index < -0.39 is 5.60 Å². The molecule has 2 saturated heterocycles. The third-order valence-corrected chi connectivity index (χ3v) is 5.11. The standard InChI is InChI=1S/C20H39N5O2.HI/c1-20(2,3)27-19(26)25-16-14-24(15-17-25)18(21)22-10-6-4-7-11-23-12-8-5-9-13-23;/h4-17H2,1-3H3,(H2,21,22);1H. The van der Waals surface area contributed by atoms with Crippen LogP contribution in [-0.2, 0) is 4.74 Å². The van der Waals surface area contributed by atoms with Crippen molar-refractivity contribution >= 4 is 36.0 Å². The topological polar surface area (TPSA) is 74.4 Å². The van der Waals surface area contributed by atoms with Crippen molar-refractivity contribution < 1.29 is 9.53 Å². The van der Waals surface area contributed by atoms with Crippen molar-refractivity contribution in [1.82, 2.24) is 14.7 Å². The molecule has 2 rings (SSSR count). The van der Waals surface area contributed by atoms with Crippen molar-refractivity contribution in [2.24, 2.45) is 10.7 Å². The summed E-state index contributed by atoms with van der Waals surface area (Å²) < 4.78 is 5.42. The first-order valence-electron chi connectivity index (χ1n) is 10.6. The van der Waals surface area contributed by atoms with Crippen molar-refractivity contribution in [3.8, 4) is 0 Å². The molecule has 28 heavy (non-hydrogen) atoms. The minimum absolute atomic E-state index is 0. The fourth-order valence-electron chi connectivity index (χ4n) is 3.55. The number of nitrogens with zero attached hydrogens (tertiary/aromatic N) is 4. The molecule has 8 heteroatoms. The van der Waals surface area contributed by atoms with Gasteiger partial charge in [-0.15, -0.1) is 24.0 Å². The van der Waals surface area contributed by atoms with Gasteiger partial charge in [-0.25, -0.2) is 4.79 Å². The zero-order valence-corrected chi connectivity index (χ0v) is 20.3. The van der Waals surface area contributed by atoms with Crippen molar-refractivity contribution in [1.29, 1.82) is 0 Å². The molecule has 0 aromatic carbocycles. The van der Waals surface area contributed by atoms with E-state index >= 15 is 0 Å². The summed E-state index contributed by atoms with van der Waals surface area (Å²) in [7, 11) is 0. The molecular weight excluding hydrogens is 469 g/mol. The van der Waals surface area contributed by atoms with Gasteiger partial charge >= 0.3 is 6.09 Å². The Balaban J connectivity index is 0.00000392. The van der Waals surface area contributed by atoms with Gasteiger partial charge in [0, 0.05) is 32.7 Å². The molecule has 0 unspecified atom stereocenters. The van der Waals surface area contributed by atoms with Gasteiger partial charge < -0.3 is 25.2 Å². The molecule has 2 fully saturated rings. The number of nitrogens with two attached hydrogens (primary N) is 1. The van der Waals surface area contributed by atoms with Crippen LogP contribution in [0, 0.1) is 0 Å². The van der Waals surface area contributed by atoms with Gasteiger partial charge in [0.15, 0.2) is 5.96 Å². The van der Waals surface area contributed by atoms with Gasteiger partial charge in [0.1, 0.15) is 5.60 Å². The van der Waals surface area contributed by atoms with Crippen LogP contribution in [0.3, 0.4) is 0 Å². The molecule has 0 aromatic rings. The number of unbranched alkanes of at least 4 members (excludes halogenated alkanes) is 2. The summed E-state index contributed by atoms with van der Waals surface area (Å²) in [5.41, 5.74) is 5.68. The fraction of sp³-hybridized carbons (Fsp3) is 0.900. The second kappa shape index (κ2) is 12.7. The number of hydrogen-bond donors (Lipinski definition) is 1. The third kappa shape index (κ3) is 9.62. The maximum absolute atomic E-state index is 12.1. The quantitative estimate of drug-likeness (QED) is 0.258. The molecule has 0 spiro atoms. The Morgan fingerprint density at radius 3 is 2.14 bits per heavy atom. The molecule has 1 amide bonds. The fourth-order valence-corrected chi connectivity index (χ4v) is 3.55. The number of aliphatic imine (C=N–C) groups is 1. The minimum Gasteiger partial charge on any atom is -0.444 e. The molecule has 2 aliphatic rings. The molecule has 0 saturated carbocycles. The van der Waals surface area contributed by atoms with Crippen molar-refractivity contribution in [3.05, 3.63) is 0 Å². The number of piperazine rings is 1. The number of carbonyl (C=O) groups excluding carboxylic acids is 1. The van der Waals surface area contributed by atoms with E-state index in [1.165, 1.54) is 51.7 Å². The van der Waals surface area contributed by atoms with Crippen LogP contribution >= 0.6 is 24.0 Å². The summed E-state index contributed by atoms with van der Waals surface area (Å²) in [5.74, 6) is 0.606. The van der Waals surface area contributed by atoms with Gasteiger partial charge in [0.05, 0.1) is 0 Å². The van der Waals surface area contributed by atoms with Crippen LogP contribution in [0.4, 0.5) is 4.79 Å². The van der Waals surface area contributed by atoms with Crippen LogP contribution in [0.25, 0.3) is 0 Å². The van der Waals surface area contributed by atoms with Crippen LogP contribution in [0.15, 0.2) is 4.99 Å². The zero-order valence-electron chi connectivity index (χ0n) is 18.0. The molecule has 2 heterocycles. The highest BCUT2D eigenvalue weighted by molar-refractivity contribution is 14.0. The van der Waals surface area contributed by atoms with Crippen LogP contribution in [0.2, 0.25) is 0 Å². The molecule has 2 aliphatic heterocycles. The normalized spacial score (nSPS) is 19.3. The van der Waals surface area contributed by atoms with Crippen LogP contribution < -0.4 is 5.73 Å². The number of piperidine rings is 1. The van der Waals surface area contributed by atoms with Crippen molar-refractivity contribution in [2.45, 2.75) is 64.9 Å². The van der Waals surface area contributed by atoms with E-state index in [9.17, 15) is 4.79 Å². The Hall–Kier alpha value is -0.770. The SMILES string of the molecule is CC(C)(C)OC(=O)N1CCN(C(N)=NCCCCCN2CCCCC2)CC1.I. The molecule has 0 aromatic heterocycles. The first kappa shape index (κ1) is 25.3. The van der Waals surface area contributed by atoms with Crippen LogP contribution in [0.5, 0.6) is 0 Å². The number of amides is 1. The van der Waals surface area contributed by atoms with Gasteiger partial charge in [0.2, 0.25) is 0 Å².